The van der Waals surface area contributed by atoms with E-state index in [0.717, 1.165) is 27.1 Å². The van der Waals surface area contributed by atoms with Gasteiger partial charge < -0.3 is 11.1 Å². The van der Waals surface area contributed by atoms with E-state index in [1.807, 2.05) is 43.3 Å². The van der Waals surface area contributed by atoms with E-state index in [0.29, 0.717) is 5.02 Å². The van der Waals surface area contributed by atoms with Gasteiger partial charge in [-0.15, -0.1) is 0 Å². The average Bonchev–Trinajstić information content (AvgIpc) is 2.27. The molecule has 2 nitrogen and oxygen atoms in total. The summed E-state index contributed by atoms with van der Waals surface area (Å²) in [5.74, 6) is 0. The minimum Gasteiger partial charge on any atom is -0.398 e. The monoisotopic (exact) mass is 310 g/mol. The van der Waals surface area contributed by atoms with E-state index in [4.69, 9.17) is 17.3 Å². The van der Waals surface area contributed by atoms with Gasteiger partial charge in [0.05, 0.1) is 10.7 Å². The topological polar surface area (TPSA) is 38.0 Å². The molecule has 3 N–H and O–H groups in total. The first-order valence-electron chi connectivity index (χ1n) is 5.14. The van der Waals surface area contributed by atoms with Gasteiger partial charge in [0.15, 0.2) is 0 Å². The summed E-state index contributed by atoms with van der Waals surface area (Å²) in [5.41, 5.74) is 9.48. The molecule has 2 aromatic carbocycles. The molecule has 0 amide bonds. The van der Waals surface area contributed by atoms with Crippen LogP contribution in [0.3, 0.4) is 0 Å². The maximum absolute atomic E-state index is 6.13. The van der Waals surface area contributed by atoms with Gasteiger partial charge in [0.25, 0.3) is 0 Å². The molecule has 0 spiro atoms. The van der Waals surface area contributed by atoms with Crippen molar-refractivity contribution in [2.24, 2.45) is 0 Å². The van der Waals surface area contributed by atoms with Crippen molar-refractivity contribution in [1.29, 1.82) is 0 Å². The van der Waals surface area contributed by atoms with Crippen LogP contribution in [0.4, 0.5) is 17.1 Å². The van der Waals surface area contributed by atoms with Crippen molar-refractivity contribution in [3.63, 3.8) is 0 Å². The van der Waals surface area contributed by atoms with Crippen molar-refractivity contribution in [3.05, 3.63) is 51.5 Å². The van der Waals surface area contributed by atoms with E-state index in [2.05, 4.69) is 21.2 Å². The molecule has 0 bridgehead atoms. The number of anilines is 3. The summed E-state index contributed by atoms with van der Waals surface area (Å²) in [6.45, 7) is 1.98. The molecule has 17 heavy (non-hydrogen) atoms. The van der Waals surface area contributed by atoms with Crippen molar-refractivity contribution in [2.75, 3.05) is 11.1 Å². The van der Waals surface area contributed by atoms with Crippen LogP contribution in [0.2, 0.25) is 5.02 Å². The molecule has 0 aromatic heterocycles. The van der Waals surface area contributed by atoms with Crippen LogP contribution in [0.5, 0.6) is 0 Å². The molecule has 0 aliphatic rings. The quantitative estimate of drug-likeness (QED) is 0.786. The van der Waals surface area contributed by atoms with Crippen molar-refractivity contribution >= 4 is 44.6 Å². The molecule has 2 aromatic rings. The maximum atomic E-state index is 6.13. The standard InChI is InChI=1S/C13H12BrClN2/c1-8-2-4-10(7-12(8)16)17-13-5-3-9(14)6-11(13)15/h2-7,17H,16H2,1H3. The van der Waals surface area contributed by atoms with Crippen LogP contribution in [0.25, 0.3) is 0 Å². The lowest BCUT2D eigenvalue weighted by Gasteiger charge is -2.10. The summed E-state index contributed by atoms with van der Waals surface area (Å²) in [6, 6.07) is 11.6. The van der Waals surface area contributed by atoms with Gasteiger partial charge in [-0.1, -0.05) is 33.6 Å². The molecule has 2 rings (SSSR count). The van der Waals surface area contributed by atoms with Crippen molar-refractivity contribution in [2.45, 2.75) is 6.92 Å². The Bertz CT molecular complexity index is 555. The number of nitrogens with one attached hydrogen (secondary N) is 1. The molecule has 0 saturated heterocycles. The predicted molar refractivity (Wildman–Crippen MR) is 78.0 cm³/mol. The number of rotatable bonds is 2. The number of benzene rings is 2. The normalized spacial score (nSPS) is 10.3. The molecule has 0 aliphatic heterocycles. The molecular formula is C13H12BrClN2. The molecule has 0 aliphatic carbocycles. The fourth-order valence-corrected chi connectivity index (χ4v) is 2.19. The first-order chi connectivity index (χ1) is 8.06. The lowest BCUT2D eigenvalue weighted by atomic mass is 10.2. The van der Waals surface area contributed by atoms with Crippen molar-refractivity contribution in [1.82, 2.24) is 0 Å². The van der Waals surface area contributed by atoms with Crippen LogP contribution in [0.1, 0.15) is 5.56 Å². The van der Waals surface area contributed by atoms with Crippen LogP contribution in [-0.4, -0.2) is 0 Å². The summed E-state index contributed by atoms with van der Waals surface area (Å²) in [5, 5.41) is 3.90. The van der Waals surface area contributed by atoms with E-state index >= 15 is 0 Å². The Morgan fingerprint density at radius 2 is 1.94 bits per heavy atom. The molecule has 0 unspecified atom stereocenters. The summed E-state index contributed by atoms with van der Waals surface area (Å²) < 4.78 is 0.955. The highest BCUT2D eigenvalue weighted by molar-refractivity contribution is 9.10. The molecule has 0 saturated carbocycles. The van der Waals surface area contributed by atoms with Crippen molar-refractivity contribution in [3.8, 4) is 0 Å². The highest BCUT2D eigenvalue weighted by Crippen LogP contribution is 2.29. The lowest BCUT2D eigenvalue weighted by molar-refractivity contribution is 1.45. The smallest absolute Gasteiger partial charge is 0.0652 e. The lowest BCUT2D eigenvalue weighted by Crippen LogP contribution is -1.94. The van der Waals surface area contributed by atoms with E-state index in [1.54, 1.807) is 0 Å². The third kappa shape index (κ3) is 2.93. The number of aryl methyl sites for hydroxylation is 1. The highest BCUT2D eigenvalue weighted by Gasteiger charge is 2.02. The van der Waals surface area contributed by atoms with Crippen LogP contribution >= 0.6 is 27.5 Å². The third-order valence-electron chi connectivity index (χ3n) is 2.49. The minimum atomic E-state index is 0.665. The van der Waals surface area contributed by atoms with E-state index in [1.165, 1.54) is 0 Å². The zero-order valence-corrected chi connectivity index (χ0v) is 11.6. The number of nitrogen functional groups attached to an aromatic ring is 1. The molecule has 88 valence electrons. The Labute approximate surface area is 114 Å². The highest BCUT2D eigenvalue weighted by atomic mass is 79.9. The second-order valence-electron chi connectivity index (χ2n) is 3.82. The molecule has 4 heteroatoms. The van der Waals surface area contributed by atoms with Crippen molar-refractivity contribution < 1.29 is 0 Å². The fraction of sp³-hybridized carbons (Fsp3) is 0.0769. The fourth-order valence-electron chi connectivity index (χ4n) is 1.46. The van der Waals surface area contributed by atoms with E-state index in [-0.39, 0.29) is 0 Å². The van der Waals surface area contributed by atoms with Crippen LogP contribution in [-0.2, 0) is 0 Å². The number of nitrogens with two attached hydrogens (primary N) is 1. The van der Waals surface area contributed by atoms with E-state index < -0.39 is 0 Å². The number of hydrogen-bond acceptors (Lipinski definition) is 2. The predicted octanol–water partition coefficient (Wildman–Crippen LogP) is 4.74. The summed E-state index contributed by atoms with van der Waals surface area (Å²) in [7, 11) is 0. The van der Waals surface area contributed by atoms with Crippen LogP contribution in [0, 0.1) is 6.92 Å². The molecule has 0 radical (unpaired) electrons. The first kappa shape index (κ1) is 12.3. The van der Waals surface area contributed by atoms with Gasteiger partial charge in [-0.3, -0.25) is 0 Å². The SMILES string of the molecule is Cc1ccc(Nc2ccc(Br)cc2Cl)cc1N. The summed E-state index contributed by atoms with van der Waals surface area (Å²) >= 11 is 9.50. The Hall–Kier alpha value is -1.19. The minimum absolute atomic E-state index is 0.665. The molecular weight excluding hydrogens is 300 g/mol. The molecule has 0 heterocycles. The van der Waals surface area contributed by atoms with Gasteiger partial charge in [0.2, 0.25) is 0 Å². The average molecular weight is 312 g/mol. The van der Waals surface area contributed by atoms with Crippen LogP contribution < -0.4 is 11.1 Å². The molecule has 0 fully saturated rings. The third-order valence-corrected chi connectivity index (χ3v) is 3.30. The second kappa shape index (κ2) is 4.98. The van der Waals surface area contributed by atoms with Gasteiger partial charge in [0, 0.05) is 15.8 Å². The first-order valence-corrected chi connectivity index (χ1v) is 6.31. The zero-order valence-electron chi connectivity index (χ0n) is 9.30. The van der Waals surface area contributed by atoms with Gasteiger partial charge in [-0.25, -0.2) is 0 Å². The van der Waals surface area contributed by atoms with Gasteiger partial charge >= 0.3 is 0 Å². The van der Waals surface area contributed by atoms with Gasteiger partial charge in [-0.05, 0) is 42.8 Å². The Kier molecular flexibility index (Phi) is 3.60. The summed E-state index contributed by atoms with van der Waals surface area (Å²) in [6.07, 6.45) is 0. The van der Waals surface area contributed by atoms with Gasteiger partial charge in [0.1, 0.15) is 0 Å². The Balaban J connectivity index is 2.28. The maximum Gasteiger partial charge on any atom is 0.0652 e. The Morgan fingerprint density at radius 1 is 1.18 bits per heavy atom. The number of halogens is 2. The second-order valence-corrected chi connectivity index (χ2v) is 5.14. The largest absolute Gasteiger partial charge is 0.398 e. The summed E-state index contributed by atoms with van der Waals surface area (Å²) in [4.78, 5) is 0. The zero-order chi connectivity index (χ0) is 12.4. The van der Waals surface area contributed by atoms with Gasteiger partial charge in [-0.2, -0.15) is 0 Å². The van der Waals surface area contributed by atoms with Crippen LogP contribution in [0.15, 0.2) is 40.9 Å². The Morgan fingerprint density at radius 3 is 2.59 bits per heavy atom. The van der Waals surface area contributed by atoms with E-state index in [9.17, 15) is 0 Å². The molecule has 0 atom stereocenters. The number of hydrogen-bond donors (Lipinski definition) is 2.